The number of ketones is 1. The Morgan fingerprint density at radius 1 is 0.931 bits per heavy atom. The molecule has 0 aromatic heterocycles. The molecule has 152 valence electrons. The summed E-state index contributed by atoms with van der Waals surface area (Å²) in [7, 11) is 0. The summed E-state index contributed by atoms with van der Waals surface area (Å²) in [6.45, 7) is 5.30. The van der Waals surface area contributed by atoms with E-state index < -0.39 is 11.3 Å². The highest BCUT2D eigenvalue weighted by molar-refractivity contribution is 6.08. The summed E-state index contributed by atoms with van der Waals surface area (Å²) >= 11 is 0. The second-order valence-electron chi connectivity index (χ2n) is 8.36. The molecule has 2 N–H and O–H groups in total. The van der Waals surface area contributed by atoms with Crippen molar-refractivity contribution in [3.05, 3.63) is 83.6 Å². The van der Waals surface area contributed by atoms with Gasteiger partial charge >= 0.3 is 0 Å². The molecule has 1 aliphatic rings. The lowest BCUT2D eigenvalue weighted by Crippen LogP contribution is -2.47. The summed E-state index contributed by atoms with van der Waals surface area (Å²) in [5.41, 5.74) is 2.94. The lowest BCUT2D eigenvalue weighted by atomic mass is 9.69. The highest BCUT2D eigenvalue weighted by Gasteiger charge is 2.43. The van der Waals surface area contributed by atoms with Crippen LogP contribution in [0.5, 0.6) is 0 Å². The number of benzene rings is 2. The van der Waals surface area contributed by atoms with Crippen molar-refractivity contribution in [2.75, 3.05) is 13.1 Å². The third-order valence-electron chi connectivity index (χ3n) is 5.46. The molecule has 1 atom stereocenters. The van der Waals surface area contributed by atoms with Crippen molar-refractivity contribution in [1.29, 1.82) is 0 Å². The number of carbonyl (C=O) groups is 2. The van der Waals surface area contributed by atoms with Crippen molar-refractivity contribution < 1.29 is 9.59 Å². The quantitative estimate of drug-likeness (QED) is 0.676. The Balaban J connectivity index is 1.53. The molecule has 0 radical (unpaired) electrons. The highest BCUT2D eigenvalue weighted by atomic mass is 16.2. The SMILES string of the molecule is CC1(C)CC(NCCc2ccccc2)=CC(=O)C1C(=O)NCCc1ccccc1. The van der Waals surface area contributed by atoms with Crippen LogP contribution in [0.4, 0.5) is 0 Å². The van der Waals surface area contributed by atoms with E-state index in [9.17, 15) is 9.59 Å². The zero-order chi connectivity index (χ0) is 20.7. The van der Waals surface area contributed by atoms with Crippen LogP contribution < -0.4 is 10.6 Å². The summed E-state index contributed by atoms with van der Waals surface area (Å²) < 4.78 is 0. The maximum Gasteiger partial charge on any atom is 0.231 e. The lowest BCUT2D eigenvalue weighted by molar-refractivity contribution is -0.137. The van der Waals surface area contributed by atoms with Crippen molar-refractivity contribution >= 4 is 11.7 Å². The largest absolute Gasteiger partial charge is 0.388 e. The summed E-state index contributed by atoms with van der Waals surface area (Å²) in [4.78, 5) is 25.5. The normalized spacial score (nSPS) is 18.1. The van der Waals surface area contributed by atoms with Crippen LogP contribution in [0.15, 0.2) is 72.4 Å². The van der Waals surface area contributed by atoms with Crippen molar-refractivity contribution in [2.45, 2.75) is 33.1 Å². The van der Waals surface area contributed by atoms with Gasteiger partial charge in [-0.1, -0.05) is 74.5 Å². The second kappa shape index (κ2) is 9.55. The zero-order valence-electron chi connectivity index (χ0n) is 17.3. The molecule has 2 aromatic rings. The van der Waals surface area contributed by atoms with E-state index in [0.717, 1.165) is 25.1 Å². The zero-order valence-corrected chi connectivity index (χ0v) is 17.3. The molecular formula is C25H30N2O2. The van der Waals surface area contributed by atoms with E-state index in [1.807, 2.05) is 62.4 Å². The monoisotopic (exact) mass is 390 g/mol. The van der Waals surface area contributed by atoms with Crippen LogP contribution in [0, 0.1) is 11.3 Å². The number of carbonyl (C=O) groups excluding carboxylic acids is 2. The van der Waals surface area contributed by atoms with Crippen molar-refractivity contribution in [2.24, 2.45) is 11.3 Å². The lowest BCUT2D eigenvalue weighted by Gasteiger charge is -2.36. The van der Waals surface area contributed by atoms with E-state index in [-0.39, 0.29) is 11.7 Å². The van der Waals surface area contributed by atoms with E-state index in [1.54, 1.807) is 6.08 Å². The average Bonchev–Trinajstić information content (AvgIpc) is 2.68. The Morgan fingerprint density at radius 2 is 1.48 bits per heavy atom. The van der Waals surface area contributed by atoms with Gasteiger partial charge in [-0.15, -0.1) is 0 Å². The Labute approximate surface area is 173 Å². The molecule has 0 saturated heterocycles. The third kappa shape index (κ3) is 5.80. The van der Waals surface area contributed by atoms with Gasteiger partial charge in [-0.05, 0) is 35.8 Å². The molecule has 0 spiro atoms. The van der Waals surface area contributed by atoms with E-state index in [1.165, 1.54) is 11.1 Å². The Bertz CT molecular complexity index is 857. The van der Waals surface area contributed by atoms with E-state index in [4.69, 9.17) is 0 Å². The van der Waals surface area contributed by atoms with Gasteiger partial charge in [-0.3, -0.25) is 9.59 Å². The number of rotatable bonds is 8. The highest BCUT2D eigenvalue weighted by Crippen LogP contribution is 2.38. The van der Waals surface area contributed by atoms with Gasteiger partial charge in [0.1, 0.15) is 5.92 Å². The first kappa shape index (κ1) is 20.8. The van der Waals surface area contributed by atoms with E-state index in [2.05, 4.69) is 22.8 Å². The number of nitrogens with one attached hydrogen (secondary N) is 2. The first-order valence-corrected chi connectivity index (χ1v) is 10.3. The van der Waals surface area contributed by atoms with Crippen molar-refractivity contribution in [1.82, 2.24) is 10.6 Å². The number of hydrogen-bond acceptors (Lipinski definition) is 3. The smallest absolute Gasteiger partial charge is 0.231 e. The predicted molar refractivity (Wildman–Crippen MR) is 116 cm³/mol. The third-order valence-corrected chi connectivity index (χ3v) is 5.46. The minimum atomic E-state index is -0.641. The van der Waals surface area contributed by atoms with Crippen LogP contribution in [-0.2, 0) is 22.4 Å². The first-order valence-electron chi connectivity index (χ1n) is 10.3. The maximum absolute atomic E-state index is 12.8. The molecule has 4 nitrogen and oxygen atoms in total. The Morgan fingerprint density at radius 3 is 2.03 bits per heavy atom. The van der Waals surface area contributed by atoms with Gasteiger partial charge in [-0.25, -0.2) is 0 Å². The molecule has 0 aliphatic heterocycles. The van der Waals surface area contributed by atoms with Crippen LogP contribution in [0.25, 0.3) is 0 Å². The molecule has 0 bridgehead atoms. The van der Waals surface area contributed by atoms with Gasteiger partial charge in [0.05, 0.1) is 0 Å². The van der Waals surface area contributed by atoms with Crippen LogP contribution in [-0.4, -0.2) is 24.8 Å². The summed E-state index contributed by atoms with van der Waals surface area (Å²) in [5, 5.41) is 6.35. The molecule has 1 unspecified atom stereocenters. The van der Waals surface area contributed by atoms with Crippen molar-refractivity contribution in [3.8, 4) is 0 Å². The number of allylic oxidation sites excluding steroid dienone is 2. The van der Waals surface area contributed by atoms with Crippen LogP contribution in [0.3, 0.4) is 0 Å². The molecule has 1 amide bonds. The molecule has 0 fully saturated rings. The van der Waals surface area contributed by atoms with Gasteiger partial charge in [0.25, 0.3) is 0 Å². The standard InChI is InChI=1S/C25H30N2O2/c1-25(2)18-21(26-15-13-19-9-5-3-6-10-19)17-22(28)23(25)24(29)27-16-14-20-11-7-4-8-12-20/h3-12,17,23,26H,13-16,18H2,1-2H3,(H,27,29). The molecule has 3 rings (SSSR count). The molecule has 2 aromatic carbocycles. The van der Waals surface area contributed by atoms with Gasteiger partial charge in [0, 0.05) is 24.9 Å². The Hall–Kier alpha value is -2.88. The van der Waals surface area contributed by atoms with Crippen LogP contribution in [0.2, 0.25) is 0 Å². The predicted octanol–water partition coefficient (Wildman–Crippen LogP) is 3.68. The minimum Gasteiger partial charge on any atom is -0.388 e. The molecule has 4 heteroatoms. The summed E-state index contributed by atoms with van der Waals surface area (Å²) in [6.07, 6.45) is 3.97. The fraction of sp³-hybridized carbons (Fsp3) is 0.360. The molecule has 0 saturated carbocycles. The van der Waals surface area contributed by atoms with Gasteiger partial charge < -0.3 is 10.6 Å². The fourth-order valence-corrected chi connectivity index (χ4v) is 3.97. The second-order valence-corrected chi connectivity index (χ2v) is 8.36. The van der Waals surface area contributed by atoms with Gasteiger partial charge in [0.15, 0.2) is 5.78 Å². The molecule has 29 heavy (non-hydrogen) atoms. The summed E-state index contributed by atoms with van der Waals surface area (Å²) in [5.74, 6) is -0.922. The maximum atomic E-state index is 12.8. The molecule has 1 aliphatic carbocycles. The van der Waals surface area contributed by atoms with E-state index in [0.29, 0.717) is 13.0 Å². The fourth-order valence-electron chi connectivity index (χ4n) is 3.97. The number of amides is 1. The Kier molecular flexibility index (Phi) is 6.86. The summed E-state index contributed by atoms with van der Waals surface area (Å²) in [6, 6.07) is 20.3. The molecular weight excluding hydrogens is 360 g/mol. The molecule has 0 heterocycles. The van der Waals surface area contributed by atoms with Crippen LogP contribution >= 0.6 is 0 Å². The average molecular weight is 391 g/mol. The van der Waals surface area contributed by atoms with Crippen LogP contribution in [0.1, 0.15) is 31.4 Å². The topological polar surface area (TPSA) is 58.2 Å². The van der Waals surface area contributed by atoms with Crippen molar-refractivity contribution in [3.63, 3.8) is 0 Å². The first-order chi connectivity index (χ1) is 14.0. The van der Waals surface area contributed by atoms with E-state index >= 15 is 0 Å². The number of hydrogen-bond donors (Lipinski definition) is 2. The van der Waals surface area contributed by atoms with Gasteiger partial charge in [0.2, 0.25) is 5.91 Å². The minimum absolute atomic E-state index is 0.110. The van der Waals surface area contributed by atoms with Gasteiger partial charge in [-0.2, -0.15) is 0 Å².